The van der Waals surface area contributed by atoms with E-state index in [1.54, 1.807) is 37.3 Å². The number of carbonyl (C=O) groups excluding carboxylic acids is 3. The number of hydrogen-bond donors (Lipinski definition) is 5. The number of amides is 3. The van der Waals surface area contributed by atoms with Crippen LogP contribution in [0.25, 0.3) is 11.4 Å². The molecule has 12 nitrogen and oxygen atoms in total. The number of H-pyrrole nitrogens is 2. The van der Waals surface area contributed by atoms with Crippen LogP contribution < -0.4 is 21.6 Å². The van der Waals surface area contributed by atoms with Crippen LogP contribution in [0.5, 0.6) is 0 Å². The molecule has 1 aliphatic rings. The molecule has 2 aromatic heterocycles. The van der Waals surface area contributed by atoms with Crippen LogP contribution >= 0.6 is 0 Å². The van der Waals surface area contributed by atoms with Gasteiger partial charge in [-0.1, -0.05) is 24.3 Å². The molecule has 0 spiro atoms. The minimum absolute atomic E-state index is 0.0482. The van der Waals surface area contributed by atoms with Crippen LogP contribution in [0.1, 0.15) is 43.7 Å². The Bertz CT molecular complexity index is 1610. The van der Waals surface area contributed by atoms with Gasteiger partial charge in [0.05, 0.1) is 0 Å². The molecule has 0 radical (unpaired) electrons. The Labute approximate surface area is 207 Å². The van der Waals surface area contributed by atoms with Crippen molar-refractivity contribution < 1.29 is 18.8 Å². The van der Waals surface area contributed by atoms with Gasteiger partial charge in [-0.15, -0.1) is 0 Å². The second-order valence-electron chi connectivity index (χ2n) is 8.28. The van der Waals surface area contributed by atoms with E-state index in [2.05, 4.69) is 41.1 Å². The predicted molar refractivity (Wildman–Crippen MR) is 128 cm³/mol. The normalized spacial score (nSPS) is 14.1. The van der Waals surface area contributed by atoms with Crippen molar-refractivity contribution in [1.29, 1.82) is 0 Å². The predicted octanol–water partition coefficient (Wildman–Crippen LogP) is 1.36. The maximum absolute atomic E-state index is 13.4. The van der Waals surface area contributed by atoms with E-state index in [9.17, 15) is 23.6 Å². The Morgan fingerprint density at radius 2 is 1.81 bits per heavy atom. The summed E-state index contributed by atoms with van der Waals surface area (Å²) in [6, 6.07) is 9.63. The molecule has 1 aliphatic heterocycles. The average molecular weight is 502 g/mol. The van der Waals surface area contributed by atoms with Crippen molar-refractivity contribution in [2.45, 2.75) is 19.5 Å². The highest BCUT2D eigenvalue weighted by atomic mass is 19.1. The number of aryl methyl sites for hydroxylation is 1. The van der Waals surface area contributed by atoms with Crippen molar-refractivity contribution >= 4 is 23.4 Å². The number of halogens is 1. The highest BCUT2D eigenvalue weighted by Gasteiger charge is 2.33. The van der Waals surface area contributed by atoms with Crippen LogP contribution in [0.3, 0.4) is 0 Å². The second-order valence-corrected chi connectivity index (χ2v) is 8.28. The number of anilines is 1. The van der Waals surface area contributed by atoms with Crippen LogP contribution in [-0.2, 0) is 11.3 Å². The summed E-state index contributed by atoms with van der Waals surface area (Å²) in [5.41, 5.74) is 2.07. The molecule has 1 atom stereocenters. The van der Waals surface area contributed by atoms with Crippen molar-refractivity contribution in [3.8, 4) is 11.4 Å². The molecule has 0 bridgehead atoms. The van der Waals surface area contributed by atoms with Gasteiger partial charge in [-0.05, 0) is 30.2 Å². The van der Waals surface area contributed by atoms with E-state index in [1.807, 2.05) is 0 Å². The summed E-state index contributed by atoms with van der Waals surface area (Å²) >= 11 is 0. The average Bonchev–Trinajstić information content (AvgIpc) is 3.46. The number of nitrogens with zero attached hydrogens (tertiary/aromatic N) is 3. The minimum Gasteiger partial charge on any atom is -0.347 e. The third kappa shape index (κ3) is 4.82. The van der Waals surface area contributed by atoms with Crippen LogP contribution in [0, 0.1) is 12.7 Å². The zero-order valence-corrected chi connectivity index (χ0v) is 19.3. The van der Waals surface area contributed by atoms with Crippen molar-refractivity contribution in [3.05, 3.63) is 93.2 Å². The summed E-state index contributed by atoms with van der Waals surface area (Å²) in [6.45, 7) is 1.76. The molecule has 4 aromatic rings. The number of carbonyl (C=O) groups is 3. The van der Waals surface area contributed by atoms with E-state index >= 15 is 0 Å². The number of benzene rings is 2. The molecule has 5 N–H and O–H groups in total. The first-order valence-corrected chi connectivity index (χ1v) is 11.0. The lowest BCUT2D eigenvalue weighted by Crippen LogP contribution is -2.33. The van der Waals surface area contributed by atoms with Gasteiger partial charge < -0.3 is 16.0 Å². The number of nitrogens with one attached hydrogen (secondary N) is 5. The quantitative estimate of drug-likeness (QED) is 0.264. The monoisotopic (exact) mass is 502 g/mol. The topological polar surface area (TPSA) is 175 Å². The zero-order chi connectivity index (χ0) is 26.1. The molecule has 0 aliphatic carbocycles. The van der Waals surface area contributed by atoms with Gasteiger partial charge in [0.25, 0.3) is 17.7 Å². The van der Waals surface area contributed by atoms with Gasteiger partial charge in [0.1, 0.15) is 29.6 Å². The number of rotatable bonds is 6. The van der Waals surface area contributed by atoms with E-state index in [4.69, 9.17) is 0 Å². The molecule has 3 amide bonds. The van der Waals surface area contributed by atoms with E-state index < -0.39 is 29.5 Å². The summed E-state index contributed by atoms with van der Waals surface area (Å²) in [7, 11) is 0. The molecular weight excluding hydrogens is 483 g/mol. The van der Waals surface area contributed by atoms with E-state index in [0.717, 1.165) is 6.33 Å². The zero-order valence-electron chi connectivity index (χ0n) is 19.3. The summed E-state index contributed by atoms with van der Waals surface area (Å²) in [5.74, 6) is -1.73. The van der Waals surface area contributed by atoms with Gasteiger partial charge in [-0.2, -0.15) is 5.10 Å². The van der Waals surface area contributed by atoms with E-state index in [1.165, 1.54) is 12.1 Å². The van der Waals surface area contributed by atoms with Crippen LogP contribution in [-0.4, -0.2) is 42.9 Å². The lowest BCUT2D eigenvalue weighted by Gasteiger charge is -2.12. The smallest absolute Gasteiger partial charge is 0.340 e. The summed E-state index contributed by atoms with van der Waals surface area (Å²) in [6.07, 6.45) is 1.07. The number of aromatic nitrogens is 5. The molecular formula is C24H19FN8O4. The standard InChI is InChI=1S/C24H19FN8O4/c1-11-6-12(2-5-15(11)25)9-26-21(34)17-8-18(28-10-27-17)22(35)30-19-14-4-3-13(7-16(14)29-23(19)36)20-31-24(37)33-32-20/h2-8,10,19H,9H2,1H3,(H,26,34)(H,29,36)(H,30,35)(H2,31,32,33,37)/t19-/m1/s1. The fourth-order valence-electron chi connectivity index (χ4n) is 3.86. The van der Waals surface area contributed by atoms with Gasteiger partial charge in [0.2, 0.25) is 0 Å². The first kappa shape index (κ1) is 23.5. The molecule has 0 saturated heterocycles. The molecule has 186 valence electrons. The first-order chi connectivity index (χ1) is 17.8. The van der Waals surface area contributed by atoms with Gasteiger partial charge in [0.15, 0.2) is 5.82 Å². The van der Waals surface area contributed by atoms with E-state index in [0.29, 0.717) is 33.8 Å². The van der Waals surface area contributed by atoms with Crippen LogP contribution in [0.15, 0.2) is 53.6 Å². The lowest BCUT2D eigenvalue weighted by atomic mass is 10.0. The molecule has 0 fully saturated rings. The Kier molecular flexibility index (Phi) is 6.01. The first-order valence-electron chi connectivity index (χ1n) is 11.0. The van der Waals surface area contributed by atoms with Crippen LogP contribution in [0.2, 0.25) is 0 Å². The highest BCUT2D eigenvalue weighted by molar-refractivity contribution is 6.06. The van der Waals surface area contributed by atoms with E-state index in [-0.39, 0.29) is 23.7 Å². The Balaban J connectivity index is 1.28. The van der Waals surface area contributed by atoms with Crippen molar-refractivity contribution in [2.24, 2.45) is 0 Å². The SMILES string of the molecule is Cc1cc(CNC(=O)c2cc(C(=O)N[C@H]3C(=O)Nc4cc(-c5n[nH]c(=O)[nH]5)ccc43)ncn2)ccc1F. The fraction of sp³-hybridized carbons (Fsp3) is 0.125. The molecule has 13 heteroatoms. The maximum Gasteiger partial charge on any atom is 0.340 e. The third-order valence-corrected chi connectivity index (χ3v) is 5.74. The number of fused-ring (bicyclic) bond motifs is 1. The Morgan fingerprint density at radius 3 is 2.54 bits per heavy atom. The summed E-state index contributed by atoms with van der Waals surface area (Å²) < 4.78 is 13.4. The molecule has 2 aromatic carbocycles. The highest BCUT2D eigenvalue weighted by Crippen LogP contribution is 2.33. The minimum atomic E-state index is -0.997. The largest absolute Gasteiger partial charge is 0.347 e. The van der Waals surface area contributed by atoms with Crippen molar-refractivity contribution in [2.75, 3.05) is 5.32 Å². The molecule has 37 heavy (non-hydrogen) atoms. The molecule has 0 unspecified atom stereocenters. The molecule has 3 heterocycles. The van der Waals surface area contributed by atoms with Gasteiger partial charge >= 0.3 is 5.69 Å². The second kappa shape index (κ2) is 9.45. The number of aromatic amines is 2. The molecule has 0 saturated carbocycles. The fourth-order valence-corrected chi connectivity index (χ4v) is 3.86. The molecule has 5 rings (SSSR count). The van der Waals surface area contributed by atoms with Crippen molar-refractivity contribution in [1.82, 2.24) is 35.8 Å². The number of hydrogen-bond acceptors (Lipinski definition) is 7. The lowest BCUT2D eigenvalue weighted by molar-refractivity contribution is -0.117. The van der Waals surface area contributed by atoms with Crippen molar-refractivity contribution in [3.63, 3.8) is 0 Å². The summed E-state index contributed by atoms with van der Waals surface area (Å²) in [4.78, 5) is 59.7. The Hall–Kier alpha value is -5.20. The Morgan fingerprint density at radius 1 is 1.03 bits per heavy atom. The maximum atomic E-state index is 13.4. The summed E-state index contributed by atoms with van der Waals surface area (Å²) in [5, 5.41) is 14.1. The van der Waals surface area contributed by atoms with Gasteiger partial charge in [-0.3, -0.25) is 19.4 Å². The third-order valence-electron chi connectivity index (χ3n) is 5.74. The van der Waals surface area contributed by atoms with Gasteiger partial charge in [0, 0.05) is 29.4 Å². The van der Waals surface area contributed by atoms with Crippen LogP contribution in [0.4, 0.5) is 10.1 Å². The van der Waals surface area contributed by atoms with Gasteiger partial charge in [-0.25, -0.2) is 24.3 Å².